The number of halogens is 1. The van der Waals surface area contributed by atoms with E-state index >= 15 is 0 Å². The predicted molar refractivity (Wildman–Crippen MR) is 122 cm³/mol. The van der Waals surface area contributed by atoms with Crippen LogP contribution in [0.15, 0.2) is 45.6 Å². The minimum absolute atomic E-state index is 0.0698. The molecule has 0 unspecified atom stereocenters. The lowest BCUT2D eigenvalue weighted by molar-refractivity contribution is -0.151. The number of hydrogen-bond acceptors (Lipinski definition) is 7. The molecule has 3 aromatic rings. The number of fused-ring (bicyclic) bond motifs is 1. The van der Waals surface area contributed by atoms with Crippen LogP contribution in [0.25, 0.3) is 22.3 Å². The number of carboxylic acids is 1. The molecule has 174 valence electrons. The molecule has 4 rings (SSSR count). The van der Waals surface area contributed by atoms with Crippen molar-refractivity contribution in [2.45, 2.75) is 18.9 Å². The summed E-state index contributed by atoms with van der Waals surface area (Å²) in [7, 11) is 3.01. The van der Waals surface area contributed by atoms with Crippen LogP contribution in [0.1, 0.15) is 12.8 Å². The van der Waals surface area contributed by atoms with E-state index in [1.54, 1.807) is 30.3 Å². The highest BCUT2D eigenvalue weighted by Crippen LogP contribution is 2.41. The summed E-state index contributed by atoms with van der Waals surface area (Å²) in [6.45, 7) is 0.520. The SMILES string of the molecule is COc1cc(OC)c(-c2cc(=O)c3cccc(Cl)c3o2)cc1OCCOC1CC(C(=O)O)C1. The zero-order valence-corrected chi connectivity index (χ0v) is 18.9. The number of para-hydroxylation sites is 1. The van der Waals surface area contributed by atoms with Crippen molar-refractivity contribution in [1.82, 2.24) is 0 Å². The van der Waals surface area contributed by atoms with Gasteiger partial charge in [0, 0.05) is 12.1 Å². The molecule has 1 aliphatic carbocycles. The number of benzene rings is 2. The van der Waals surface area contributed by atoms with Gasteiger partial charge in [-0.3, -0.25) is 9.59 Å². The number of carboxylic acid groups (broad SMARTS) is 1. The topological polar surface area (TPSA) is 104 Å². The normalized spacial score (nSPS) is 17.4. The lowest BCUT2D eigenvalue weighted by Crippen LogP contribution is -2.37. The van der Waals surface area contributed by atoms with Gasteiger partial charge in [0.05, 0.1) is 48.8 Å². The first-order chi connectivity index (χ1) is 15.9. The molecule has 0 spiro atoms. The van der Waals surface area contributed by atoms with Gasteiger partial charge in [0.15, 0.2) is 22.5 Å². The average molecular weight is 475 g/mol. The molecule has 0 aliphatic heterocycles. The second kappa shape index (κ2) is 9.72. The highest BCUT2D eigenvalue weighted by atomic mass is 35.5. The molecule has 2 aromatic carbocycles. The van der Waals surface area contributed by atoms with Gasteiger partial charge in [-0.2, -0.15) is 0 Å². The van der Waals surface area contributed by atoms with Crippen molar-refractivity contribution in [3.05, 3.63) is 51.6 Å². The molecule has 0 bridgehead atoms. The molecule has 1 fully saturated rings. The molecule has 0 saturated heterocycles. The van der Waals surface area contributed by atoms with Crippen LogP contribution in [0.4, 0.5) is 0 Å². The van der Waals surface area contributed by atoms with Crippen molar-refractivity contribution in [2.75, 3.05) is 27.4 Å². The molecule has 1 saturated carbocycles. The molecule has 9 heteroatoms. The van der Waals surface area contributed by atoms with Crippen LogP contribution in [-0.4, -0.2) is 44.6 Å². The fraction of sp³-hybridized carbons (Fsp3) is 0.333. The molecule has 1 heterocycles. The van der Waals surface area contributed by atoms with Crippen molar-refractivity contribution in [1.29, 1.82) is 0 Å². The summed E-state index contributed by atoms with van der Waals surface area (Å²) in [4.78, 5) is 23.5. The Morgan fingerprint density at radius 2 is 1.85 bits per heavy atom. The number of hydrogen-bond donors (Lipinski definition) is 1. The third-order valence-electron chi connectivity index (χ3n) is 5.60. The summed E-state index contributed by atoms with van der Waals surface area (Å²) in [5.41, 5.74) is 0.551. The smallest absolute Gasteiger partial charge is 0.306 e. The van der Waals surface area contributed by atoms with E-state index in [2.05, 4.69) is 0 Å². The van der Waals surface area contributed by atoms with Gasteiger partial charge in [-0.25, -0.2) is 0 Å². The minimum atomic E-state index is -0.789. The van der Waals surface area contributed by atoms with E-state index < -0.39 is 5.97 Å². The highest BCUT2D eigenvalue weighted by molar-refractivity contribution is 6.34. The third-order valence-corrected chi connectivity index (χ3v) is 5.89. The molecule has 0 amide bonds. The maximum atomic E-state index is 12.6. The summed E-state index contributed by atoms with van der Waals surface area (Å²) in [6.07, 6.45) is 0.948. The van der Waals surface area contributed by atoms with E-state index in [0.717, 1.165) is 0 Å². The zero-order valence-electron chi connectivity index (χ0n) is 18.1. The Morgan fingerprint density at radius 1 is 1.09 bits per heavy atom. The molecular formula is C24H23ClO8. The maximum Gasteiger partial charge on any atom is 0.306 e. The van der Waals surface area contributed by atoms with Crippen LogP contribution >= 0.6 is 11.6 Å². The Labute approximate surface area is 194 Å². The molecular weight excluding hydrogens is 452 g/mol. The number of methoxy groups -OCH3 is 2. The van der Waals surface area contributed by atoms with E-state index in [4.69, 9.17) is 40.1 Å². The highest BCUT2D eigenvalue weighted by Gasteiger charge is 2.35. The van der Waals surface area contributed by atoms with Gasteiger partial charge in [-0.15, -0.1) is 0 Å². The molecule has 0 atom stereocenters. The van der Waals surface area contributed by atoms with Crippen molar-refractivity contribution >= 4 is 28.5 Å². The van der Waals surface area contributed by atoms with Crippen molar-refractivity contribution in [3.63, 3.8) is 0 Å². The van der Waals surface area contributed by atoms with Gasteiger partial charge >= 0.3 is 5.97 Å². The van der Waals surface area contributed by atoms with Crippen LogP contribution < -0.4 is 19.6 Å². The Kier molecular flexibility index (Phi) is 6.76. The standard InChI is InChI=1S/C24H23ClO8/c1-29-19-12-21(30-2)22(32-7-6-31-14-8-13(9-14)24(27)28)10-16(19)20-11-18(26)15-4-3-5-17(25)23(15)33-20/h3-5,10-14H,6-9H2,1-2H3,(H,27,28). The van der Waals surface area contributed by atoms with E-state index in [1.807, 2.05) is 0 Å². The fourth-order valence-corrected chi connectivity index (χ4v) is 3.93. The van der Waals surface area contributed by atoms with E-state index in [9.17, 15) is 9.59 Å². The van der Waals surface area contributed by atoms with Crippen molar-refractivity contribution in [3.8, 4) is 28.6 Å². The Balaban J connectivity index is 1.56. The van der Waals surface area contributed by atoms with Gasteiger partial charge < -0.3 is 28.5 Å². The number of carbonyl (C=O) groups is 1. The average Bonchev–Trinajstić information content (AvgIpc) is 2.77. The molecule has 33 heavy (non-hydrogen) atoms. The van der Waals surface area contributed by atoms with Crippen molar-refractivity contribution < 1.29 is 33.3 Å². The zero-order chi connectivity index (χ0) is 23.5. The van der Waals surface area contributed by atoms with E-state index in [1.165, 1.54) is 20.3 Å². The summed E-state index contributed by atoms with van der Waals surface area (Å²) in [5.74, 6) is 0.435. The van der Waals surface area contributed by atoms with Crippen LogP contribution in [0.3, 0.4) is 0 Å². The second-order valence-corrected chi connectivity index (χ2v) is 8.05. The van der Waals surface area contributed by atoms with Crippen molar-refractivity contribution in [2.24, 2.45) is 5.92 Å². The van der Waals surface area contributed by atoms with Gasteiger partial charge in [0.1, 0.15) is 18.1 Å². The number of aliphatic carboxylic acids is 1. The Bertz CT molecular complexity index is 1230. The predicted octanol–water partition coefficient (Wildman–Crippen LogP) is 4.39. The molecule has 1 aliphatic rings. The number of ether oxygens (including phenoxy) is 4. The summed E-state index contributed by atoms with van der Waals surface area (Å²) in [5, 5.41) is 9.65. The lowest BCUT2D eigenvalue weighted by atomic mass is 9.82. The molecule has 0 radical (unpaired) electrons. The van der Waals surface area contributed by atoms with Crippen LogP contribution in [-0.2, 0) is 9.53 Å². The molecule has 1 N–H and O–H groups in total. The quantitative estimate of drug-likeness (QED) is 0.455. The summed E-state index contributed by atoms with van der Waals surface area (Å²) >= 11 is 6.24. The largest absolute Gasteiger partial charge is 0.496 e. The Hall–Kier alpha value is -3.23. The summed E-state index contributed by atoms with van der Waals surface area (Å²) < 4.78 is 28.4. The first-order valence-electron chi connectivity index (χ1n) is 10.4. The van der Waals surface area contributed by atoms with E-state index in [0.29, 0.717) is 52.7 Å². The molecule has 1 aromatic heterocycles. The maximum absolute atomic E-state index is 12.6. The number of rotatable bonds is 9. The minimum Gasteiger partial charge on any atom is -0.496 e. The first-order valence-corrected chi connectivity index (χ1v) is 10.7. The van der Waals surface area contributed by atoms with Gasteiger partial charge in [-0.05, 0) is 31.0 Å². The fourth-order valence-electron chi connectivity index (χ4n) is 3.72. The monoisotopic (exact) mass is 474 g/mol. The van der Waals surface area contributed by atoms with Crippen LogP contribution in [0.2, 0.25) is 5.02 Å². The van der Waals surface area contributed by atoms with Gasteiger partial charge in [-0.1, -0.05) is 17.7 Å². The third kappa shape index (κ3) is 4.77. The van der Waals surface area contributed by atoms with Gasteiger partial charge in [0.2, 0.25) is 0 Å². The first kappa shape index (κ1) is 22.9. The van der Waals surface area contributed by atoms with Gasteiger partial charge in [0.25, 0.3) is 0 Å². The van der Waals surface area contributed by atoms with E-state index in [-0.39, 0.29) is 35.4 Å². The second-order valence-electron chi connectivity index (χ2n) is 7.64. The lowest BCUT2D eigenvalue weighted by Gasteiger charge is -2.32. The molecule has 8 nitrogen and oxygen atoms in total. The van der Waals surface area contributed by atoms with Crippen LogP contribution in [0, 0.1) is 5.92 Å². The summed E-state index contributed by atoms with van der Waals surface area (Å²) in [6, 6.07) is 9.68. The Morgan fingerprint density at radius 3 is 2.55 bits per heavy atom. The van der Waals surface area contributed by atoms with Crippen LogP contribution in [0.5, 0.6) is 17.2 Å².